The molecule has 0 nitrogen and oxygen atoms in total. The summed E-state index contributed by atoms with van der Waals surface area (Å²) in [6.07, 6.45) is 10.1. The Hall–Kier alpha value is -3.88. The Morgan fingerprint density at radius 1 is 0.619 bits per heavy atom. The zero-order valence-electron chi connectivity index (χ0n) is 40.9. The van der Waals surface area contributed by atoms with Crippen molar-refractivity contribution in [2.45, 2.75) is 180 Å². The second-order valence-electron chi connectivity index (χ2n) is 25.2. The molecule has 3 heterocycles. The van der Waals surface area contributed by atoms with Gasteiger partial charge in [0.2, 0.25) is 0 Å². The molecule has 1 fully saturated rings. The molecule has 0 amide bonds. The van der Waals surface area contributed by atoms with Crippen molar-refractivity contribution in [1.29, 1.82) is 0 Å². The maximum atomic E-state index is 2.75. The van der Waals surface area contributed by atoms with Gasteiger partial charge in [-0.2, -0.15) is 0 Å². The van der Waals surface area contributed by atoms with Crippen molar-refractivity contribution in [2.24, 2.45) is 5.41 Å². The van der Waals surface area contributed by atoms with E-state index in [1.807, 2.05) is 0 Å². The second kappa shape index (κ2) is 13.6. The average molecular weight is 847 g/mol. The standard InChI is InChI=1S/C61H71BS/c1-36-27-38-29-43(41-22-21-39(56(2,3)4)30-42(41)37-19-15-14-16-20-37)52-45-33-47-48(59(10,11)26-25-58(47,8)9)34-51(45)63-55(52)62-50-32-40(57(5,6)7)31-49-53(50)46(44(28-36)54(38)62)35-60(12)23-17-18-24-61(49,60)13/h14-16,19-22,27-28,30-34,43,46H,17-18,23-26,29,35H2,1-13H3. The van der Waals surface area contributed by atoms with E-state index in [-0.39, 0.29) is 45.1 Å². The maximum absolute atomic E-state index is 2.75. The fourth-order valence-electron chi connectivity index (χ4n) is 14.1. The Labute approximate surface area is 384 Å². The van der Waals surface area contributed by atoms with E-state index >= 15 is 0 Å². The molecule has 3 aliphatic carbocycles. The number of fused-ring (bicyclic) bond motifs is 9. The SMILES string of the molecule is Cc1cc2c3c(c1)C1CC4(C)CCCCC4(C)c4cc(C(C)(C)C)cc(c41)B3c1sc3cc4c(cc3c1C(c1ccc(C(C)(C)C)cc1-c1ccccc1)C2)C(C)(C)CCC4(C)C. The van der Waals surface area contributed by atoms with Crippen molar-refractivity contribution in [2.75, 3.05) is 0 Å². The minimum atomic E-state index is 0.0438. The van der Waals surface area contributed by atoms with Crippen LogP contribution in [0.4, 0.5) is 0 Å². The van der Waals surface area contributed by atoms with Crippen molar-refractivity contribution in [3.05, 3.63) is 146 Å². The lowest BCUT2D eigenvalue weighted by atomic mass is 9.31. The molecule has 11 rings (SSSR count). The van der Waals surface area contributed by atoms with Crippen LogP contribution >= 0.6 is 11.3 Å². The molecule has 1 aromatic heterocycles. The van der Waals surface area contributed by atoms with Gasteiger partial charge >= 0.3 is 0 Å². The molecule has 0 radical (unpaired) electrons. The average Bonchev–Trinajstić information content (AvgIpc) is 3.52. The summed E-state index contributed by atoms with van der Waals surface area (Å²) in [5, 5.41) is 1.52. The van der Waals surface area contributed by atoms with Gasteiger partial charge in [0.1, 0.15) is 0 Å². The van der Waals surface area contributed by atoms with E-state index in [0.29, 0.717) is 5.92 Å². The largest absolute Gasteiger partial charge is 0.255 e. The van der Waals surface area contributed by atoms with Crippen LogP contribution in [0.3, 0.4) is 0 Å². The lowest BCUT2D eigenvalue weighted by Gasteiger charge is -2.58. The van der Waals surface area contributed by atoms with Crippen molar-refractivity contribution in [3.63, 3.8) is 0 Å². The first-order valence-corrected chi connectivity index (χ1v) is 25.5. The fraction of sp³-hybridized carbons (Fsp3) is 0.475. The third-order valence-electron chi connectivity index (χ3n) is 18.2. The first-order chi connectivity index (χ1) is 29.6. The monoisotopic (exact) mass is 847 g/mol. The van der Waals surface area contributed by atoms with Crippen LogP contribution in [0.15, 0.2) is 84.9 Å². The summed E-state index contributed by atoms with van der Waals surface area (Å²) in [5.74, 6) is 0.640. The molecule has 5 aromatic carbocycles. The molecule has 0 spiro atoms. The molecule has 2 heteroatoms. The smallest absolute Gasteiger partial charge is 0.149 e. The first-order valence-electron chi connectivity index (χ1n) is 24.7. The van der Waals surface area contributed by atoms with Crippen LogP contribution < -0.4 is 15.7 Å². The van der Waals surface area contributed by atoms with E-state index in [1.165, 1.54) is 88.4 Å². The minimum Gasteiger partial charge on any atom is -0.149 e. The van der Waals surface area contributed by atoms with Crippen LogP contribution in [0.5, 0.6) is 0 Å². The highest BCUT2D eigenvalue weighted by atomic mass is 32.1. The molecule has 0 N–H and O–H groups in total. The zero-order chi connectivity index (χ0) is 44.4. The molecular weight excluding hydrogens is 776 g/mol. The minimum absolute atomic E-state index is 0.0438. The van der Waals surface area contributed by atoms with E-state index in [1.54, 1.807) is 54.6 Å². The molecule has 5 aliphatic rings. The van der Waals surface area contributed by atoms with Crippen molar-refractivity contribution in [1.82, 2.24) is 0 Å². The Morgan fingerprint density at radius 2 is 1.30 bits per heavy atom. The van der Waals surface area contributed by atoms with Gasteiger partial charge in [-0.1, -0.05) is 191 Å². The van der Waals surface area contributed by atoms with Gasteiger partial charge in [-0.3, -0.25) is 0 Å². The number of benzene rings is 5. The van der Waals surface area contributed by atoms with Crippen molar-refractivity contribution < 1.29 is 0 Å². The molecule has 1 saturated carbocycles. The Kier molecular flexibility index (Phi) is 9.02. The van der Waals surface area contributed by atoms with Crippen LogP contribution in [0, 0.1) is 12.3 Å². The number of rotatable bonds is 2. The molecule has 2 aliphatic heterocycles. The molecule has 4 unspecified atom stereocenters. The van der Waals surface area contributed by atoms with Crippen molar-refractivity contribution >= 4 is 43.8 Å². The van der Waals surface area contributed by atoms with Gasteiger partial charge in [-0.25, -0.2) is 0 Å². The van der Waals surface area contributed by atoms with Gasteiger partial charge in [-0.15, -0.1) is 11.3 Å². The number of hydrogen-bond donors (Lipinski definition) is 0. The lowest BCUT2D eigenvalue weighted by molar-refractivity contribution is 0.0602. The van der Waals surface area contributed by atoms with Crippen molar-refractivity contribution in [3.8, 4) is 11.1 Å². The predicted octanol–water partition coefficient (Wildman–Crippen LogP) is 14.7. The summed E-state index contributed by atoms with van der Waals surface area (Å²) in [5.41, 5.74) is 24.1. The van der Waals surface area contributed by atoms with Gasteiger partial charge in [0, 0.05) is 16.5 Å². The summed E-state index contributed by atoms with van der Waals surface area (Å²) in [6, 6.07) is 35.2. The summed E-state index contributed by atoms with van der Waals surface area (Å²) in [4.78, 5) is 0. The third kappa shape index (κ3) is 6.11. The van der Waals surface area contributed by atoms with E-state index in [0.717, 1.165) is 6.42 Å². The number of thiophene rings is 1. The molecular formula is C61H71BS. The van der Waals surface area contributed by atoms with E-state index in [9.17, 15) is 0 Å². The number of hydrogen-bond acceptors (Lipinski definition) is 1. The molecule has 0 bridgehead atoms. The van der Waals surface area contributed by atoms with E-state index in [4.69, 9.17) is 0 Å². The molecule has 63 heavy (non-hydrogen) atoms. The quantitative estimate of drug-likeness (QED) is 0.152. The highest BCUT2D eigenvalue weighted by Gasteiger charge is 2.57. The summed E-state index contributed by atoms with van der Waals surface area (Å²) in [6.45, 7) is 32.5. The highest BCUT2D eigenvalue weighted by molar-refractivity contribution is 7.32. The molecule has 0 saturated heterocycles. The first kappa shape index (κ1) is 41.8. The van der Waals surface area contributed by atoms with E-state index in [2.05, 4.69) is 186 Å². The Balaban J connectivity index is 1.29. The van der Waals surface area contributed by atoms with Gasteiger partial charge in [-0.05, 0) is 161 Å². The predicted molar refractivity (Wildman–Crippen MR) is 275 cm³/mol. The van der Waals surface area contributed by atoms with Crippen LogP contribution in [0.25, 0.3) is 21.2 Å². The highest BCUT2D eigenvalue weighted by Crippen LogP contribution is 2.63. The van der Waals surface area contributed by atoms with Gasteiger partial charge in [0.15, 0.2) is 0 Å². The summed E-state index contributed by atoms with van der Waals surface area (Å²) in [7, 11) is 0. The molecule has 324 valence electrons. The maximum Gasteiger partial charge on any atom is 0.255 e. The zero-order valence-corrected chi connectivity index (χ0v) is 41.7. The van der Waals surface area contributed by atoms with Crippen LogP contribution in [-0.4, -0.2) is 6.71 Å². The Morgan fingerprint density at radius 3 is 2.00 bits per heavy atom. The summed E-state index contributed by atoms with van der Waals surface area (Å²) < 4.78 is 3.11. The molecule has 6 aromatic rings. The Bertz CT molecular complexity index is 2870. The second-order valence-corrected chi connectivity index (χ2v) is 26.3. The van der Waals surface area contributed by atoms with Crippen LogP contribution in [-0.2, 0) is 33.5 Å². The molecule has 4 atom stereocenters. The summed E-state index contributed by atoms with van der Waals surface area (Å²) >= 11 is 2.17. The normalized spacial score (nSPS) is 25.4. The van der Waals surface area contributed by atoms with Crippen LogP contribution in [0.2, 0.25) is 0 Å². The van der Waals surface area contributed by atoms with Gasteiger partial charge < -0.3 is 0 Å². The number of aryl methyl sites for hydroxylation is 1. The van der Waals surface area contributed by atoms with Gasteiger partial charge in [0.25, 0.3) is 6.71 Å². The fourth-order valence-corrected chi connectivity index (χ4v) is 15.5. The third-order valence-corrected chi connectivity index (χ3v) is 19.5. The van der Waals surface area contributed by atoms with E-state index < -0.39 is 0 Å². The van der Waals surface area contributed by atoms with Gasteiger partial charge in [0.05, 0.1) is 0 Å². The van der Waals surface area contributed by atoms with Crippen LogP contribution in [0.1, 0.15) is 201 Å². The lowest BCUT2D eigenvalue weighted by Crippen LogP contribution is -2.61. The topological polar surface area (TPSA) is 0 Å².